The number of aryl methyl sites for hydroxylation is 3. The Balaban J connectivity index is 0.00000480. The van der Waals surface area contributed by atoms with E-state index in [0.717, 1.165) is 53.5 Å². The van der Waals surface area contributed by atoms with Crippen LogP contribution >= 0.6 is 24.0 Å². The standard InChI is InChI=1S/C23H33N3O3S.HI/c1-6-24-23(25-13-8-14-29-22-17(2)9-7-10-18(22)3)26-16-20-11-12-21(19(4)15-20)30(5,27)28;/h7,9-12,15H,6,8,13-14,16H2,1-5H3,(H2,24,25,26);1H. The lowest BCUT2D eigenvalue weighted by molar-refractivity contribution is 0.307. The normalized spacial score (nSPS) is 11.6. The van der Waals surface area contributed by atoms with Crippen LogP contribution in [0.1, 0.15) is 35.6 Å². The van der Waals surface area contributed by atoms with Gasteiger partial charge in [0.05, 0.1) is 18.0 Å². The molecule has 0 heterocycles. The number of sulfone groups is 1. The Morgan fingerprint density at radius 1 is 1.03 bits per heavy atom. The van der Waals surface area contributed by atoms with Gasteiger partial charge in [-0.25, -0.2) is 13.4 Å². The molecular formula is C23H34IN3O3S. The molecule has 0 aliphatic carbocycles. The molecule has 0 saturated heterocycles. The van der Waals surface area contributed by atoms with Crippen LogP contribution in [-0.2, 0) is 16.4 Å². The molecular weight excluding hydrogens is 525 g/mol. The number of nitrogens with zero attached hydrogens (tertiary/aromatic N) is 1. The molecule has 2 rings (SSSR count). The monoisotopic (exact) mass is 559 g/mol. The summed E-state index contributed by atoms with van der Waals surface area (Å²) in [4.78, 5) is 4.97. The zero-order chi connectivity index (χ0) is 22.1. The molecule has 2 N–H and O–H groups in total. The third-order valence-electron chi connectivity index (χ3n) is 4.67. The summed E-state index contributed by atoms with van der Waals surface area (Å²) in [7, 11) is -3.21. The summed E-state index contributed by atoms with van der Waals surface area (Å²) in [6.07, 6.45) is 2.07. The summed E-state index contributed by atoms with van der Waals surface area (Å²) >= 11 is 0. The maximum atomic E-state index is 11.8. The zero-order valence-electron chi connectivity index (χ0n) is 19.0. The fraction of sp³-hybridized carbons (Fsp3) is 0.435. The first kappa shape index (κ1) is 27.2. The SMILES string of the molecule is CCNC(=NCc1ccc(S(C)(=O)=O)c(C)c1)NCCCOc1c(C)cccc1C.I. The first-order valence-corrected chi connectivity index (χ1v) is 12.1. The van der Waals surface area contributed by atoms with Crippen LogP contribution in [0.5, 0.6) is 5.75 Å². The number of para-hydroxylation sites is 1. The van der Waals surface area contributed by atoms with Crippen molar-refractivity contribution in [2.75, 3.05) is 26.0 Å². The minimum absolute atomic E-state index is 0. The van der Waals surface area contributed by atoms with Crippen molar-refractivity contribution in [3.05, 3.63) is 58.7 Å². The number of guanidine groups is 1. The number of halogens is 1. The van der Waals surface area contributed by atoms with E-state index in [4.69, 9.17) is 4.74 Å². The first-order chi connectivity index (χ1) is 14.2. The topological polar surface area (TPSA) is 79.8 Å². The smallest absolute Gasteiger partial charge is 0.191 e. The lowest BCUT2D eigenvalue weighted by atomic mass is 10.1. The van der Waals surface area contributed by atoms with Gasteiger partial charge in [-0.1, -0.05) is 30.3 Å². The molecule has 6 nitrogen and oxygen atoms in total. The van der Waals surface area contributed by atoms with Crippen LogP contribution in [0.3, 0.4) is 0 Å². The Labute approximate surface area is 203 Å². The van der Waals surface area contributed by atoms with Crippen molar-refractivity contribution in [1.29, 1.82) is 0 Å². The number of hydrogen-bond donors (Lipinski definition) is 2. The minimum Gasteiger partial charge on any atom is -0.493 e. The molecule has 0 aliphatic rings. The van der Waals surface area contributed by atoms with E-state index in [1.54, 1.807) is 6.07 Å². The fourth-order valence-corrected chi connectivity index (χ4v) is 4.18. The van der Waals surface area contributed by atoms with Crippen LogP contribution in [0.2, 0.25) is 0 Å². The number of aliphatic imine (C=N–C) groups is 1. The van der Waals surface area contributed by atoms with E-state index in [1.165, 1.54) is 6.26 Å². The molecule has 0 aromatic heterocycles. The van der Waals surface area contributed by atoms with Crippen molar-refractivity contribution in [3.8, 4) is 5.75 Å². The lowest BCUT2D eigenvalue weighted by Crippen LogP contribution is -2.38. The molecule has 31 heavy (non-hydrogen) atoms. The van der Waals surface area contributed by atoms with E-state index in [0.29, 0.717) is 18.0 Å². The molecule has 0 saturated carbocycles. The van der Waals surface area contributed by atoms with Crippen molar-refractivity contribution in [2.24, 2.45) is 4.99 Å². The summed E-state index contributed by atoms with van der Waals surface area (Å²) in [6, 6.07) is 11.5. The summed E-state index contributed by atoms with van der Waals surface area (Å²) < 4.78 is 29.5. The Hall–Kier alpha value is -1.81. The van der Waals surface area contributed by atoms with Crippen LogP contribution in [0.15, 0.2) is 46.3 Å². The molecule has 2 aromatic carbocycles. The highest BCUT2D eigenvalue weighted by molar-refractivity contribution is 14.0. The van der Waals surface area contributed by atoms with Gasteiger partial charge in [0.15, 0.2) is 15.8 Å². The van der Waals surface area contributed by atoms with Gasteiger partial charge in [0.2, 0.25) is 0 Å². The zero-order valence-corrected chi connectivity index (χ0v) is 22.1. The summed E-state index contributed by atoms with van der Waals surface area (Å²) in [5.74, 6) is 1.69. The maximum absolute atomic E-state index is 11.8. The Kier molecular flexibility index (Phi) is 11.3. The molecule has 0 spiro atoms. The highest BCUT2D eigenvalue weighted by Gasteiger charge is 2.10. The molecule has 0 bridgehead atoms. The number of nitrogens with one attached hydrogen (secondary N) is 2. The molecule has 0 radical (unpaired) electrons. The number of hydrogen-bond acceptors (Lipinski definition) is 4. The predicted octanol–water partition coefficient (Wildman–Crippen LogP) is 4.16. The van der Waals surface area contributed by atoms with Crippen molar-refractivity contribution in [3.63, 3.8) is 0 Å². The van der Waals surface area contributed by atoms with E-state index < -0.39 is 9.84 Å². The van der Waals surface area contributed by atoms with Crippen LogP contribution in [0.4, 0.5) is 0 Å². The van der Waals surface area contributed by atoms with E-state index in [9.17, 15) is 8.42 Å². The minimum atomic E-state index is -3.21. The number of benzene rings is 2. The maximum Gasteiger partial charge on any atom is 0.191 e. The Morgan fingerprint density at radius 2 is 1.71 bits per heavy atom. The van der Waals surface area contributed by atoms with E-state index >= 15 is 0 Å². The van der Waals surface area contributed by atoms with Crippen LogP contribution in [0, 0.1) is 20.8 Å². The second-order valence-corrected chi connectivity index (χ2v) is 9.40. The molecule has 2 aromatic rings. The summed E-state index contributed by atoms with van der Waals surface area (Å²) in [6.45, 7) is 10.5. The van der Waals surface area contributed by atoms with Gasteiger partial charge in [0.25, 0.3) is 0 Å². The molecule has 0 fully saturated rings. The molecule has 8 heteroatoms. The van der Waals surface area contributed by atoms with Crippen molar-refractivity contribution in [2.45, 2.75) is 45.6 Å². The molecule has 0 atom stereocenters. The van der Waals surface area contributed by atoms with Crippen molar-refractivity contribution >= 4 is 39.8 Å². The largest absolute Gasteiger partial charge is 0.493 e. The van der Waals surface area contributed by atoms with Gasteiger partial charge in [-0.3, -0.25) is 0 Å². The second-order valence-electron chi connectivity index (χ2n) is 7.42. The van der Waals surface area contributed by atoms with Gasteiger partial charge in [0, 0.05) is 19.3 Å². The third kappa shape index (κ3) is 8.68. The highest BCUT2D eigenvalue weighted by Crippen LogP contribution is 2.22. The van der Waals surface area contributed by atoms with Crippen LogP contribution in [0.25, 0.3) is 0 Å². The van der Waals surface area contributed by atoms with E-state index in [2.05, 4.69) is 41.6 Å². The first-order valence-electron chi connectivity index (χ1n) is 10.2. The molecule has 0 unspecified atom stereocenters. The average molecular weight is 560 g/mol. The summed E-state index contributed by atoms with van der Waals surface area (Å²) in [5, 5.41) is 6.55. The van der Waals surface area contributed by atoms with Gasteiger partial charge in [-0.05, 0) is 62.4 Å². The van der Waals surface area contributed by atoms with Crippen molar-refractivity contribution < 1.29 is 13.2 Å². The Bertz CT molecular complexity index is 971. The lowest BCUT2D eigenvalue weighted by Gasteiger charge is -2.14. The fourth-order valence-electron chi connectivity index (χ4n) is 3.22. The van der Waals surface area contributed by atoms with Gasteiger partial charge in [-0.2, -0.15) is 0 Å². The highest BCUT2D eigenvalue weighted by atomic mass is 127. The van der Waals surface area contributed by atoms with Gasteiger partial charge in [-0.15, -0.1) is 24.0 Å². The second kappa shape index (κ2) is 12.9. The van der Waals surface area contributed by atoms with Gasteiger partial charge >= 0.3 is 0 Å². The third-order valence-corrected chi connectivity index (χ3v) is 5.93. The number of rotatable bonds is 9. The van der Waals surface area contributed by atoms with Crippen LogP contribution in [-0.4, -0.2) is 40.3 Å². The molecule has 0 aliphatic heterocycles. The van der Waals surface area contributed by atoms with Gasteiger partial charge in [0.1, 0.15) is 5.75 Å². The van der Waals surface area contributed by atoms with Crippen LogP contribution < -0.4 is 15.4 Å². The Morgan fingerprint density at radius 3 is 2.29 bits per heavy atom. The van der Waals surface area contributed by atoms with Crippen molar-refractivity contribution in [1.82, 2.24) is 10.6 Å². The number of ether oxygens (including phenoxy) is 1. The quantitative estimate of drug-likeness (QED) is 0.209. The summed E-state index contributed by atoms with van der Waals surface area (Å²) in [5.41, 5.74) is 4.01. The van der Waals surface area contributed by atoms with E-state index in [-0.39, 0.29) is 24.0 Å². The molecule has 0 amide bonds. The molecule has 172 valence electrons. The van der Waals surface area contributed by atoms with Gasteiger partial charge < -0.3 is 15.4 Å². The average Bonchev–Trinajstić information content (AvgIpc) is 2.66. The van der Waals surface area contributed by atoms with E-state index in [1.807, 2.05) is 32.0 Å². The predicted molar refractivity (Wildman–Crippen MR) is 139 cm³/mol.